The van der Waals surface area contributed by atoms with E-state index in [2.05, 4.69) is 4.99 Å². The van der Waals surface area contributed by atoms with Crippen LogP contribution in [0, 0.1) is 0 Å². The summed E-state index contributed by atoms with van der Waals surface area (Å²) in [5.41, 5.74) is 3.18. The quantitative estimate of drug-likeness (QED) is 0.206. The molecule has 4 aromatic rings. The molecular formula is C35H36N2O6S. The van der Waals surface area contributed by atoms with Gasteiger partial charge >= 0.3 is 5.97 Å². The molecule has 1 atom stereocenters. The van der Waals surface area contributed by atoms with Crippen molar-refractivity contribution in [3.8, 4) is 17.2 Å². The van der Waals surface area contributed by atoms with Crippen LogP contribution in [-0.2, 0) is 16.1 Å². The molecular weight excluding hydrogens is 576 g/mol. The maximum Gasteiger partial charge on any atom is 0.338 e. The van der Waals surface area contributed by atoms with Gasteiger partial charge in [0.05, 0.1) is 41.2 Å². The minimum absolute atomic E-state index is 0.252. The van der Waals surface area contributed by atoms with Crippen LogP contribution in [0.1, 0.15) is 57.4 Å². The third-order valence-electron chi connectivity index (χ3n) is 6.89. The molecule has 0 unspecified atom stereocenters. The Balaban J connectivity index is 1.56. The van der Waals surface area contributed by atoms with Crippen LogP contribution in [-0.4, -0.2) is 29.9 Å². The highest BCUT2D eigenvalue weighted by Crippen LogP contribution is 2.32. The third-order valence-corrected chi connectivity index (χ3v) is 7.88. The first kappa shape index (κ1) is 30.8. The van der Waals surface area contributed by atoms with Gasteiger partial charge in [0.1, 0.15) is 12.4 Å². The van der Waals surface area contributed by atoms with Gasteiger partial charge in [-0.25, -0.2) is 9.79 Å². The SMILES string of the molecule is CCOc1ccc([C@@H]2C(C(=O)OC(C)C)=C(C)N=c3s/c(=C/c4ccc(OCc5ccccc5)c(OCC)c4)c(=O)n32)cc1. The van der Waals surface area contributed by atoms with Crippen LogP contribution in [0.4, 0.5) is 0 Å². The molecule has 3 aromatic carbocycles. The lowest BCUT2D eigenvalue weighted by atomic mass is 9.96. The Morgan fingerprint density at radius 3 is 2.36 bits per heavy atom. The summed E-state index contributed by atoms with van der Waals surface area (Å²) >= 11 is 1.27. The lowest BCUT2D eigenvalue weighted by molar-refractivity contribution is -0.143. The number of allylic oxidation sites excluding steroid dienone is 1. The van der Waals surface area contributed by atoms with E-state index >= 15 is 0 Å². The number of benzene rings is 3. The number of aromatic nitrogens is 1. The van der Waals surface area contributed by atoms with Crippen molar-refractivity contribution in [3.63, 3.8) is 0 Å². The lowest BCUT2D eigenvalue weighted by Crippen LogP contribution is -2.40. The maximum atomic E-state index is 14.0. The van der Waals surface area contributed by atoms with Gasteiger partial charge in [-0.05, 0) is 81.7 Å². The molecule has 0 aliphatic carbocycles. The predicted molar refractivity (Wildman–Crippen MR) is 171 cm³/mol. The molecule has 0 bridgehead atoms. The highest BCUT2D eigenvalue weighted by molar-refractivity contribution is 7.07. The van der Waals surface area contributed by atoms with Gasteiger partial charge in [-0.1, -0.05) is 59.9 Å². The Morgan fingerprint density at radius 2 is 1.68 bits per heavy atom. The fourth-order valence-corrected chi connectivity index (χ4v) is 6.02. The molecule has 1 aromatic heterocycles. The fourth-order valence-electron chi connectivity index (χ4n) is 4.98. The van der Waals surface area contributed by atoms with E-state index in [4.69, 9.17) is 18.9 Å². The number of hydrogen-bond acceptors (Lipinski definition) is 8. The van der Waals surface area contributed by atoms with Gasteiger partial charge in [-0.15, -0.1) is 0 Å². The summed E-state index contributed by atoms with van der Waals surface area (Å²) in [4.78, 5) is 32.6. The molecule has 0 spiro atoms. The van der Waals surface area contributed by atoms with E-state index in [1.165, 1.54) is 11.3 Å². The third kappa shape index (κ3) is 6.78. The Bertz CT molecular complexity index is 1840. The Morgan fingerprint density at radius 1 is 0.955 bits per heavy atom. The molecule has 0 amide bonds. The molecule has 2 heterocycles. The molecule has 228 valence electrons. The number of fused-ring (bicyclic) bond motifs is 1. The predicted octanol–water partition coefficient (Wildman–Crippen LogP) is 5.56. The average Bonchev–Trinajstić information content (AvgIpc) is 3.30. The van der Waals surface area contributed by atoms with Crippen molar-refractivity contribution >= 4 is 23.4 Å². The lowest BCUT2D eigenvalue weighted by Gasteiger charge is -2.25. The fraction of sp³-hybridized carbons (Fsp3) is 0.286. The maximum absolute atomic E-state index is 14.0. The van der Waals surface area contributed by atoms with Crippen molar-refractivity contribution in [1.29, 1.82) is 0 Å². The van der Waals surface area contributed by atoms with Gasteiger partial charge in [0, 0.05) is 0 Å². The molecule has 9 heteroatoms. The topological polar surface area (TPSA) is 88.4 Å². The van der Waals surface area contributed by atoms with Crippen molar-refractivity contribution in [1.82, 2.24) is 4.57 Å². The zero-order chi connectivity index (χ0) is 31.2. The molecule has 0 N–H and O–H groups in total. The van der Waals surface area contributed by atoms with Gasteiger partial charge in [-0.2, -0.15) is 0 Å². The normalized spacial score (nSPS) is 14.7. The molecule has 0 saturated carbocycles. The smallest absolute Gasteiger partial charge is 0.338 e. The minimum atomic E-state index is -0.705. The first-order valence-electron chi connectivity index (χ1n) is 14.7. The zero-order valence-electron chi connectivity index (χ0n) is 25.5. The number of esters is 1. The average molecular weight is 613 g/mol. The summed E-state index contributed by atoms with van der Waals surface area (Å²) in [6.07, 6.45) is 1.49. The van der Waals surface area contributed by atoms with E-state index in [0.29, 0.717) is 57.7 Å². The summed E-state index contributed by atoms with van der Waals surface area (Å²) in [6.45, 7) is 10.6. The number of carbonyl (C=O) groups excluding carboxylic acids is 1. The highest BCUT2D eigenvalue weighted by Gasteiger charge is 2.33. The molecule has 44 heavy (non-hydrogen) atoms. The molecule has 0 radical (unpaired) electrons. The number of rotatable bonds is 11. The van der Waals surface area contributed by atoms with Crippen LogP contribution in [0.25, 0.3) is 6.08 Å². The highest BCUT2D eigenvalue weighted by atomic mass is 32.1. The number of thiazole rings is 1. The Labute approximate surface area is 260 Å². The molecule has 0 fully saturated rings. The standard InChI is InChI=1S/C35H36N2O6S/c1-6-40-27-16-14-26(15-17-27)32-31(34(39)43-22(3)4)23(5)36-35-37(32)33(38)30(44-35)20-25-13-18-28(29(19-25)41-7-2)42-21-24-11-9-8-10-12-24/h8-20,22,32H,6-7,21H2,1-5H3/b30-20+/t32-/m1/s1. The van der Waals surface area contributed by atoms with Gasteiger partial charge in [0.25, 0.3) is 5.56 Å². The minimum Gasteiger partial charge on any atom is -0.494 e. The van der Waals surface area contributed by atoms with E-state index in [-0.39, 0.29) is 11.7 Å². The second kappa shape index (κ2) is 13.8. The monoisotopic (exact) mass is 612 g/mol. The van der Waals surface area contributed by atoms with Crippen molar-refractivity contribution in [2.24, 2.45) is 4.99 Å². The van der Waals surface area contributed by atoms with E-state index in [0.717, 1.165) is 16.7 Å². The summed E-state index contributed by atoms with van der Waals surface area (Å²) in [5, 5.41) is 0. The molecule has 5 rings (SSSR count). The van der Waals surface area contributed by atoms with Crippen LogP contribution in [0.2, 0.25) is 0 Å². The summed E-state index contributed by atoms with van der Waals surface area (Å²) in [5.74, 6) is 1.42. The molecule has 1 aliphatic heterocycles. The van der Waals surface area contributed by atoms with E-state index in [1.54, 1.807) is 25.3 Å². The first-order valence-corrected chi connectivity index (χ1v) is 15.5. The van der Waals surface area contributed by atoms with Gasteiger partial charge in [0.15, 0.2) is 16.3 Å². The number of nitrogens with zero attached hydrogens (tertiary/aromatic N) is 2. The Hall–Kier alpha value is -4.63. The number of carbonyl (C=O) groups is 1. The van der Waals surface area contributed by atoms with E-state index in [1.807, 2.05) is 92.7 Å². The molecule has 0 saturated heterocycles. The summed E-state index contributed by atoms with van der Waals surface area (Å²) in [6, 6.07) is 22.2. The second-order valence-electron chi connectivity index (χ2n) is 10.5. The largest absolute Gasteiger partial charge is 0.494 e. The molecule has 8 nitrogen and oxygen atoms in total. The van der Waals surface area contributed by atoms with Crippen LogP contribution >= 0.6 is 11.3 Å². The second-order valence-corrected chi connectivity index (χ2v) is 11.5. The van der Waals surface area contributed by atoms with Gasteiger partial charge in [-0.3, -0.25) is 9.36 Å². The van der Waals surface area contributed by atoms with E-state index < -0.39 is 12.0 Å². The van der Waals surface area contributed by atoms with Crippen LogP contribution in [0.15, 0.2) is 93.9 Å². The number of ether oxygens (including phenoxy) is 4. The summed E-state index contributed by atoms with van der Waals surface area (Å²) < 4.78 is 25.2. The van der Waals surface area contributed by atoms with Crippen molar-refractivity contribution in [3.05, 3.63) is 120 Å². The van der Waals surface area contributed by atoms with Crippen LogP contribution in [0.3, 0.4) is 0 Å². The summed E-state index contributed by atoms with van der Waals surface area (Å²) in [7, 11) is 0. The number of hydrogen-bond donors (Lipinski definition) is 0. The molecule has 1 aliphatic rings. The van der Waals surface area contributed by atoms with Crippen LogP contribution in [0.5, 0.6) is 17.2 Å². The first-order chi connectivity index (χ1) is 21.3. The van der Waals surface area contributed by atoms with Crippen molar-refractivity contribution in [2.45, 2.75) is 53.4 Å². The Kier molecular flexibility index (Phi) is 9.65. The van der Waals surface area contributed by atoms with Crippen molar-refractivity contribution in [2.75, 3.05) is 13.2 Å². The van der Waals surface area contributed by atoms with Crippen molar-refractivity contribution < 1.29 is 23.7 Å². The van der Waals surface area contributed by atoms with Gasteiger partial charge < -0.3 is 18.9 Å². The van der Waals surface area contributed by atoms with E-state index in [9.17, 15) is 9.59 Å². The van der Waals surface area contributed by atoms with Crippen LogP contribution < -0.4 is 29.1 Å². The van der Waals surface area contributed by atoms with Gasteiger partial charge in [0.2, 0.25) is 0 Å². The zero-order valence-corrected chi connectivity index (χ0v) is 26.4.